The minimum Gasteiger partial charge on any atom is -0.490 e. The second-order valence-corrected chi connectivity index (χ2v) is 6.11. The van der Waals surface area contributed by atoms with Crippen LogP contribution in [0.5, 0.6) is 11.5 Å². The van der Waals surface area contributed by atoms with Gasteiger partial charge in [0.2, 0.25) is 5.91 Å². The molecule has 1 aromatic rings. The molecule has 6 heteroatoms. The lowest BCUT2D eigenvalue weighted by Gasteiger charge is -2.22. The average Bonchev–Trinajstić information content (AvgIpc) is 2.86. The number of fused-ring (bicyclic) bond motifs is 1. The van der Waals surface area contributed by atoms with Gasteiger partial charge in [0.25, 0.3) is 0 Å². The van der Waals surface area contributed by atoms with Crippen molar-refractivity contribution in [2.45, 2.75) is 38.3 Å². The van der Waals surface area contributed by atoms with Gasteiger partial charge in [0.05, 0.1) is 25.9 Å². The van der Waals surface area contributed by atoms with E-state index in [0.717, 1.165) is 42.9 Å². The van der Waals surface area contributed by atoms with E-state index in [2.05, 4.69) is 5.32 Å². The number of benzene rings is 1. The normalized spacial score (nSPS) is 20.2. The van der Waals surface area contributed by atoms with Gasteiger partial charge in [-0.25, -0.2) is 0 Å². The summed E-state index contributed by atoms with van der Waals surface area (Å²) in [5.74, 6) is 1.38. The lowest BCUT2D eigenvalue weighted by molar-refractivity contribution is -0.128. The molecule has 1 N–H and O–H groups in total. The van der Waals surface area contributed by atoms with E-state index in [9.17, 15) is 4.79 Å². The molecule has 0 bridgehead atoms. The molecule has 0 aliphatic carbocycles. The van der Waals surface area contributed by atoms with Crippen LogP contribution in [0.4, 0.5) is 0 Å². The maximum Gasteiger partial charge on any atom is 0.246 e. The minimum absolute atomic E-state index is 0.0599. The Balaban J connectivity index is 1.38. The number of amides is 1. The molecule has 1 atom stereocenters. The standard InChI is InChI=1S/C18H25NO5/c20-18(13-21-12-15-4-1-2-7-22-15)19-11-14-5-6-16-17(10-14)24-9-3-8-23-16/h5-6,10,15H,1-4,7-9,11-13H2,(H,19,20)/t15-/m1/s1. The second kappa shape index (κ2) is 8.89. The molecule has 3 rings (SSSR count). The van der Waals surface area contributed by atoms with E-state index in [-0.39, 0.29) is 18.6 Å². The Labute approximate surface area is 142 Å². The molecule has 24 heavy (non-hydrogen) atoms. The zero-order chi connectivity index (χ0) is 16.6. The van der Waals surface area contributed by atoms with Crippen molar-refractivity contribution in [2.75, 3.05) is 33.0 Å². The van der Waals surface area contributed by atoms with Crippen molar-refractivity contribution in [3.8, 4) is 11.5 Å². The van der Waals surface area contributed by atoms with E-state index in [0.29, 0.717) is 26.4 Å². The van der Waals surface area contributed by atoms with Crippen molar-refractivity contribution < 1.29 is 23.7 Å². The fourth-order valence-corrected chi connectivity index (χ4v) is 2.79. The SMILES string of the molecule is O=C(COC[C@H]1CCCCO1)NCc1ccc2c(c1)OCCCO2. The number of rotatable bonds is 6. The van der Waals surface area contributed by atoms with Gasteiger partial charge < -0.3 is 24.3 Å². The van der Waals surface area contributed by atoms with Gasteiger partial charge in [-0.1, -0.05) is 6.07 Å². The first-order chi connectivity index (χ1) is 11.8. The third-order valence-electron chi connectivity index (χ3n) is 4.11. The predicted octanol–water partition coefficient (Wildman–Crippen LogP) is 2.05. The van der Waals surface area contributed by atoms with Crippen LogP contribution >= 0.6 is 0 Å². The number of hydrogen-bond acceptors (Lipinski definition) is 5. The summed E-state index contributed by atoms with van der Waals surface area (Å²) in [6, 6.07) is 5.74. The van der Waals surface area contributed by atoms with Crippen LogP contribution in [0.25, 0.3) is 0 Å². The van der Waals surface area contributed by atoms with Crippen LogP contribution in [-0.4, -0.2) is 45.0 Å². The largest absolute Gasteiger partial charge is 0.490 e. The van der Waals surface area contributed by atoms with Gasteiger partial charge >= 0.3 is 0 Å². The van der Waals surface area contributed by atoms with Crippen LogP contribution in [0, 0.1) is 0 Å². The van der Waals surface area contributed by atoms with Crippen LogP contribution in [0.3, 0.4) is 0 Å². The summed E-state index contributed by atoms with van der Waals surface area (Å²) in [5, 5.41) is 2.86. The van der Waals surface area contributed by atoms with Crippen LogP contribution in [0.1, 0.15) is 31.2 Å². The monoisotopic (exact) mass is 335 g/mol. The lowest BCUT2D eigenvalue weighted by atomic mass is 10.1. The van der Waals surface area contributed by atoms with Crippen LogP contribution < -0.4 is 14.8 Å². The maximum atomic E-state index is 11.9. The third-order valence-corrected chi connectivity index (χ3v) is 4.11. The molecule has 1 fully saturated rings. The Morgan fingerprint density at radius 1 is 1.12 bits per heavy atom. The quantitative estimate of drug-likeness (QED) is 0.862. The maximum absolute atomic E-state index is 11.9. The molecule has 2 heterocycles. The number of hydrogen-bond donors (Lipinski definition) is 1. The molecule has 0 spiro atoms. The Bertz CT molecular complexity index is 542. The highest BCUT2D eigenvalue weighted by Crippen LogP contribution is 2.30. The molecular formula is C18H25NO5. The van der Waals surface area contributed by atoms with E-state index in [1.165, 1.54) is 6.42 Å². The summed E-state index contributed by atoms with van der Waals surface area (Å²) in [7, 11) is 0. The smallest absolute Gasteiger partial charge is 0.246 e. The molecule has 6 nitrogen and oxygen atoms in total. The second-order valence-electron chi connectivity index (χ2n) is 6.11. The zero-order valence-corrected chi connectivity index (χ0v) is 13.9. The summed E-state index contributed by atoms with van der Waals surface area (Å²) < 4.78 is 22.3. The third kappa shape index (κ3) is 5.11. The Morgan fingerprint density at radius 2 is 2.00 bits per heavy atom. The lowest BCUT2D eigenvalue weighted by Crippen LogP contribution is -2.30. The van der Waals surface area contributed by atoms with Crippen molar-refractivity contribution >= 4 is 5.91 Å². The molecular weight excluding hydrogens is 310 g/mol. The number of nitrogens with one attached hydrogen (secondary N) is 1. The first-order valence-electron chi connectivity index (χ1n) is 8.66. The fourth-order valence-electron chi connectivity index (χ4n) is 2.79. The van der Waals surface area contributed by atoms with E-state index >= 15 is 0 Å². The van der Waals surface area contributed by atoms with Crippen molar-refractivity contribution in [1.29, 1.82) is 0 Å². The highest BCUT2D eigenvalue weighted by atomic mass is 16.5. The first-order valence-corrected chi connectivity index (χ1v) is 8.66. The van der Waals surface area contributed by atoms with Gasteiger partial charge in [-0.3, -0.25) is 4.79 Å². The Morgan fingerprint density at radius 3 is 2.83 bits per heavy atom. The Hall–Kier alpha value is -1.79. The van der Waals surface area contributed by atoms with Crippen molar-refractivity contribution in [3.63, 3.8) is 0 Å². The van der Waals surface area contributed by atoms with E-state index in [1.54, 1.807) is 0 Å². The van der Waals surface area contributed by atoms with E-state index in [1.807, 2.05) is 18.2 Å². The fraction of sp³-hybridized carbons (Fsp3) is 0.611. The van der Waals surface area contributed by atoms with Crippen molar-refractivity contribution in [3.05, 3.63) is 23.8 Å². The summed E-state index contributed by atoms with van der Waals surface area (Å²) in [5.41, 5.74) is 0.975. The first kappa shape index (κ1) is 17.0. The van der Waals surface area contributed by atoms with Gasteiger partial charge in [0, 0.05) is 19.6 Å². The predicted molar refractivity (Wildman–Crippen MR) is 88.3 cm³/mol. The molecule has 132 valence electrons. The van der Waals surface area contributed by atoms with E-state index < -0.39 is 0 Å². The van der Waals surface area contributed by atoms with Crippen LogP contribution in [0.2, 0.25) is 0 Å². The number of carbonyl (C=O) groups excluding carboxylic acids is 1. The molecule has 2 aliphatic rings. The highest BCUT2D eigenvalue weighted by molar-refractivity contribution is 5.77. The molecule has 0 unspecified atom stereocenters. The molecule has 2 aliphatic heterocycles. The van der Waals surface area contributed by atoms with Crippen molar-refractivity contribution in [1.82, 2.24) is 5.32 Å². The van der Waals surface area contributed by atoms with Crippen LogP contribution in [-0.2, 0) is 20.8 Å². The number of carbonyl (C=O) groups is 1. The minimum atomic E-state index is -0.127. The molecule has 1 aromatic carbocycles. The van der Waals surface area contributed by atoms with Crippen molar-refractivity contribution in [2.24, 2.45) is 0 Å². The molecule has 1 amide bonds. The molecule has 0 aromatic heterocycles. The Kier molecular flexibility index (Phi) is 6.32. The highest BCUT2D eigenvalue weighted by Gasteiger charge is 2.15. The number of ether oxygens (including phenoxy) is 4. The molecule has 1 saturated heterocycles. The molecule has 0 radical (unpaired) electrons. The topological polar surface area (TPSA) is 66.0 Å². The van der Waals surface area contributed by atoms with Gasteiger partial charge in [0.15, 0.2) is 11.5 Å². The summed E-state index contributed by atoms with van der Waals surface area (Å²) in [6.07, 6.45) is 4.31. The summed E-state index contributed by atoms with van der Waals surface area (Å²) in [6.45, 7) is 3.11. The van der Waals surface area contributed by atoms with E-state index in [4.69, 9.17) is 18.9 Å². The zero-order valence-electron chi connectivity index (χ0n) is 13.9. The van der Waals surface area contributed by atoms with Crippen LogP contribution in [0.15, 0.2) is 18.2 Å². The van der Waals surface area contributed by atoms with Gasteiger partial charge in [0.1, 0.15) is 6.61 Å². The van der Waals surface area contributed by atoms with Gasteiger partial charge in [-0.2, -0.15) is 0 Å². The van der Waals surface area contributed by atoms with Gasteiger partial charge in [-0.15, -0.1) is 0 Å². The average molecular weight is 335 g/mol. The van der Waals surface area contributed by atoms with Gasteiger partial charge in [-0.05, 0) is 37.0 Å². The summed E-state index contributed by atoms with van der Waals surface area (Å²) >= 11 is 0. The molecule has 0 saturated carbocycles. The summed E-state index contributed by atoms with van der Waals surface area (Å²) in [4.78, 5) is 11.9.